The minimum Gasteiger partial charge on any atom is -0.352 e. The van der Waals surface area contributed by atoms with Crippen LogP contribution in [0.3, 0.4) is 0 Å². The van der Waals surface area contributed by atoms with Crippen molar-refractivity contribution in [2.75, 3.05) is 18.0 Å². The molecule has 2 bridgehead atoms. The van der Waals surface area contributed by atoms with Gasteiger partial charge < -0.3 is 14.8 Å². The molecule has 0 saturated carbocycles. The molecule has 2 aliphatic rings. The van der Waals surface area contributed by atoms with E-state index in [-0.39, 0.29) is 18.0 Å². The van der Waals surface area contributed by atoms with Gasteiger partial charge >= 0.3 is 0 Å². The molecule has 2 aromatic heterocycles. The highest BCUT2D eigenvalue weighted by Gasteiger charge is 2.43. The molecule has 1 N–H and O–H groups in total. The second kappa shape index (κ2) is 6.09. The van der Waals surface area contributed by atoms with Crippen LogP contribution in [0.5, 0.6) is 0 Å². The maximum atomic E-state index is 13.2. The summed E-state index contributed by atoms with van der Waals surface area (Å²) < 4.78 is 0. The number of piperazine rings is 1. The van der Waals surface area contributed by atoms with Crippen molar-refractivity contribution >= 4 is 22.8 Å². The molecule has 7 heteroatoms. The first-order valence-corrected chi connectivity index (χ1v) is 9.11. The van der Waals surface area contributed by atoms with Crippen molar-refractivity contribution in [3.63, 3.8) is 0 Å². The predicted octanol–water partition coefficient (Wildman–Crippen LogP) is 2.32. The van der Waals surface area contributed by atoms with Gasteiger partial charge in [0.25, 0.3) is 5.91 Å². The Labute approximate surface area is 156 Å². The third-order valence-corrected chi connectivity index (χ3v) is 5.63. The van der Waals surface area contributed by atoms with Gasteiger partial charge in [0.2, 0.25) is 0 Å². The fourth-order valence-corrected chi connectivity index (χ4v) is 4.42. The van der Waals surface area contributed by atoms with Crippen molar-refractivity contribution in [2.45, 2.75) is 24.9 Å². The highest BCUT2D eigenvalue weighted by molar-refractivity contribution is 5.97. The molecule has 7 nitrogen and oxygen atoms in total. The van der Waals surface area contributed by atoms with E-state index in [4.69, 9.17) is 0 Å². The van der Waals surface area contributed by atoms with Crippen LogP contribution in [0.2, 0.25) is 0 Å². The Morgan fingerprint density at radius 3 is 2.70 bits per heavy atom. The van der Waals surface area contributed by atoms with E-state index in [0.717, 1.165) is 42.8 Å². The first-order chi connectivity index (χ1) is 13.3. The number of amides is 1. The average Bonchev–Trinajstić information content (AvgIpc) is 3.29. The number of fused-ring (bicyclic) bond motifs is 3. The molecule has 2 fully saturated rings. The fraction of sp³-hybridized carbons (Fsp3) is 0.300. The van der Waals surface area contributed by atoms with E-state index in [0.29, 0.717) is 11.1 Å². The molecular formula is C20H18N6O. The number of carbonyl (C=O) groups is 1. The number of benzene rings is 1. The van der Waals surface area contributed by atoms with Gasteiger partial charge in [-0.2, -0.15) is 5.26 Å². The van der Waals surface area contributed by atoms with Crippen molar-refractivity contribution < 1.29 is 4.79 Å². The van der Waals surface area contributed by atoms with Crippen molar-refractivity contribution in [1.82, 2.24) is 19.9 Å². The quantitative estimate of drug-likeness (QED) is 0.759. The summed E-state index contributed by atoms with van der Waals surface area (Å²) >= 11 is 0. The lowest BCUT2D eigenvalue weighted by Gasteiger charge is -2.41. The van der Waals surface area contributed by atoms with E-state index in [1.807, 2.05) is 23.2 Å². The van der Waals surface area contributed by atoms with Gasteiger partial charge in [-0.05, 0) is 31.0 Å². The van der Waals surface area contributed by atoms with E-state index in [9.17, 15) is 10.1 Å². The van der Waals surface area contributed by atoms with Crippen molar-refractivity contribution in [2.24, 2.45) is 0 Å². The molecule has 2 saturated heterocycles. The minimum atomic E-state index is -0.0335. The first-order valence-electron chi connectivity index (χ1n) is 9.11. The number of rotatable bonds is 2. The molecule has 2 aliphatic heterocycles. The summed E-state index contributed by atoms with van der Waals surface area (Å²) in [5, 5.41) is 10.3. The lowest BCUT2D eigenvalue weighted by molar-refractivity contribution is 0.0641. The highest BCUT2D eigenvalue weighted by Crippen LogP contribution is 2.35. The number of aromatic amines is 1. The van der Waals surface area contributed by atoms with E-state index in [1.165, 1.54) is 0 Å². The van der Waals surface area contributed by atoms with Crippen LogP contribution in [0.1, 0.15) is 28.8 Å². The van der Waals surface area contributed by atoms with E-state index in [2.05, 4.69) is 25.9 Å². The molecule has 134 valence electrons. The summed E-state index contributed by atoms with van der Waals surface area (Å²) in [6.45, 7) is 1.49. The zero-order chi connectivity index (χ0) is 18.4. The molecule has 0 unspecified atom stereocenters. The number of carbonyl (C=O) groups excluding carboxylic acids is 1. The van der Waals surface area contributed by atoms with Gasteiger partial charge in [0.15, 0.2) is 0 Å². The molecular weight excluding hydrogens is 340 g/mol. The number of hydrogen-bond acceptors (Lipinski definition) is 5. The first kappa shape index (κ1) is 15.8. The van der Waals surface area contributed by atoms with E-state index < -0.39 is 0 Å². The van der Waals surface area contributed by atoms with Crippen LogP contribution in [-0.4, -0.2) is 50.9 Å². The van der Waals surface area contributed by atoms with Gasteiger partial charge in [-0.1, -0.05) is 12.1 Å². The zero-order valence-electron chi connectivity index (χ0n) is 14.7. The summed E-state index contributed by atoms with van der Waals surface area (Å²) in [6, 6.07) is 11.5. The normalized spacial score (nSPS) is 21.4. The van der Waals surface area contributed by atoms with Crippen molar-refractivity contribution in [3.05, 3.63) is 54.0 Å². The lowest BCUT2D eigenvalue weighted by Crippen LogP contribution is -2.56. The van der Waals surface area contributed by atoms with E-state index >= 15 is 0 Å². The zero-order valence-corrected chi connectivity index (χ0v) is 14.7. The third-order valence-electron chi connectivity index (χ3n) is 5.63. The van der Waals surface area contributed by atoms with Crippen LogP contribution in [0.25, 0.3) is 11.0 Å². The number of nitrogens with one attached hydrogen (secondary N) is 1. The molecule has 0 radical (unpaired) electrons. The SMILES string of the molecule is N#Cc1ccccc1C(=O)N1[C@@H]2CC[C@@H]1CN(c1ncnc3[nH]ccc13)C2. The van der Waals surface area contributed by atoms with E-state index in [1.54, 1.807) is 24.5 Å². The standard InChI is InChI=1S/C20H18N6O/c21-9-13-3-1-2-4-16(13)20(27)26-14-5-6-15(26)11-25(10-14)19-17-7-8-22-18(17)23-12-24-19/h1-4,7-8,12,14-15H,5-6,10-11H2,(H,22,23,24)/t14-,15-/m1/s1. The number of anilines is 1. The number of hydrogen-bond donors (Lipinski definition) is 1. The van der Waals surface area contributed by atoms with Crippen LogP contribution in [0.4, 0.5) is 5.82 Å². The molecule has 1 aromatic carbocycles. The summed E-state index contributed by atoms with van der Waals surface area (Å²) in [7, 11) is 0. The Morgan fingerprint density at radius 2 is 1.93 bits per heavy atom. The predicted molar refractivity (Wildman–Crippen MR) is 100 cm³/mol. The fourth-order valence-electron chi connectivity index (χ4n) is 4.42. The summed E-state index contributed by atoms with van der Waals surface area (Å²) in [5.74, 6) is 0.886. The third kappa shape index (κ3) is 2.45. The van der Waals surface area contributed by atoms with Crippen LogP contribution in [-0.2, 0) is 0 Å². The van der Waals surface area contributed by atoms with Gasteiger partial charge in [-0.15, -0.1) is 0 Å². The van der Waals surface area contributed by atoms with Crippen LogP contribution >= 0.6 is 0 Å². The average molecular weight is 358 g/mol. The van der Waals surface area contributed by atoms with Gasteiger partial charge in [-0.25, -0.2) is 9.97 Å². The van der Waals surface area contributed by atoms with Crippen LogP contribution in [0, 0.1) is 11.3 Å². The Kier molecular flexibility index (Phi) is 3.57. The maximum absolute atomic E-state index is 13.2. The summed E-state index contributed by atoms with van der Waals surface area (Å²) in [4.78, 5) is 29.3. The topological polar surface area (TPSA) is 88.9 Å². The maximum Gasteiger partial charge on any atom is 0.255 e. The Hall–Kier alpha value is -3.40. The number of H-pyrrole nitrogens is 1. The van der Waals surface area contributed by atoms with Gasteiger partial charge in [0, 0.05) is 19.3 Å². The molecule has 3 aromatic rings. The van der Waals surface area contributed by atoms with Gasteiger partial charge in [-0.3, -0.25) is 4.79 Å². The highest BCUT2D eigenvalue weighted by atomic mass is 16.2. The smallest absolute Gasteiger partial charge is 0.255 e. The van der Waals surface area contributed by atoms with Crippen LogP contribution < -0.4 is 4.90 Å². The second-order valence-corrected chi connectivity index (χ2v) is 7.10. The molecule has 1 amide bonds. The number of aromatic nitrogens is 3. The Bertz CT molecular complexity index is 1050. The Balaban J connectivity index is 1.45. The monoisotopic (exact) mass is 358 g/mol. The number of nitrogens with zero attached hydrogens (tertiary/aromatic N) is 5. The molecule has 27 heavy (non-hydrogen) atoms. The van der Waals surface area contributed by atoms with Crippen molar-refractivity contribution in [1.29, 1.82) is 5.26 Å². The second-order valence-electron chi connectivity index (χ2n) is 7.10. The lowest BCUT2D eigenvalue weighted by atomic mass is 10.0. The van der Waals surface area contributed by atoms with Gasteiger partial charge in [0.1, 0.15) is 17.8 Å². The summed E-state index contributed by atoms with van der Waals surface area (Å²) in [5.41, 5.74) is 1.77. The van der Waals surface area contributed by atoms with Crippen LogP contribution in [0.15, 0.2) is 42.9 Å². The molecule has 2 atom stereocenters. The molecule has 5 rings (SSSR count). The summed E-state index contributed by atoms with van der Waals surface area (Å²) in [6.07, 6.45) is 5.40. The Morgan fingerprint density at radius 1 is 1.15 bits per heavy atom. The van der Waals surface area contributed by atoms with Crippen molar-refractivity contribution in [3.8, 4) is 6.07 Å². The molecule has 4 heterocycles. The minimum absolute atomic E-state index is 0.0335. The molecule has 0 spiro atoms. The van der Waals surface area contributed by atoms with Gasteiger partial charge in [0.05, 0.1) is 34.7 Å². The largest absolute Gasteiger partial charge is 0.352 e. The molecule has 0 aliphatic carbocycles. The number of nitriles is 1.